The normalized spacial score (nSPS) is 10.3. The van der Waals surface area contributed by atoms with E-state index in [0.29, 0.717) is 6.42 Å². The number of hydrogen-bond donors (Lipinski definition) is 1. The van der Waals surface area contributed by atoms with Gasteiger partial charge in [0.15, 0.2) is 0 Å². The van der Waals surface area contributed by atoms with Crippen LogP contribution >= 0.6 is 11.3 Å². The molecule has 0 atom stereocenters. The highest BCUT2D eigenvalue weighted by Gasteiger charge is 2.05. The summed E-state index contributed by atoms with van der Waals surface area (Å²) in [5.74, 6) is 0.0838. The van der Waals surface area contributed by atoms with E-state index in [0.717, 1.165) is 23.7 Å². The van der Waals surface area contributed by atoms with Crippen LogP contribution in [0.5, 0.6) is 0 Å². The van der Waals surface area contributed by atoms with Crippen molar-refractivity contribution in [2.24, 2.45) is 0 Å². The Balaban J connectivity index is 2.18. The predicted octanol–water partition coefficient (Wildman–Crippen LogP) is 2.30. The van der Waals surface area contributed by atoms with Crippen LogP contribution in [0.2, 0.25) is 0 Å². The molecule has 0 aliphatic rings. The van der Waals surface area contributed by atoms with Crippen molar-refractivity contribution in [2.45, 2.75) is 39.5 Å². The Hall–Kier alpha value is -0.900. The molecule has 1 amide bonds. The Morgan fingerprint density at radius 1 is 1.53 bits per heavy atom. The lowest BCUT2D eigenvalue weighted by atomic mass is 10.2. The number of thiazole rings is 1. The molecule has 1 N–H and O–H groups in total. The summed E-state index contributed by atoms with van der Waals surface area (Å²) in [5, 5.41) is 5.78. The van der Waals surface area contributed by atoms with Gasteiger partial charge in [0, 0.05) is 17.6 Å². The summed E-state index contributed by atoms with van der Waals surface area (Å²) in [6, 6.07) is 0. The Labute approximate surface area is 94.9 Å². The number of hydrogen-bond acceptors (Lipinski definition) is 3. The van der Waals surface area contributed by atoms with Gasteiger partial charge in [0.25, 0.3) is 0 Å². The first kappa shape index (κ1) is 12.2. The number of aryl methyl sites for hydroxylation is 1. The summed E-state index contributed by atoms with van der Waals surface area (Å²) >= 11 is 1.55. The van der Waals surface area contributed by atoms with Gasteiger partial charge in [0.1, 0.15) is 5.01 Å². The minimum absolute atomic E-state index is 0.0838. The molecular weight excluding hydrogens is 208 g/mol. The molecule has 0 bridgehead atoms. The molecule has 4 heteroatoms. The zero-order chi connectivity index (χ0) is 11.1. The fourth-order valence-corrected chi connectivity index (χ4v) is 2.06. The van der Waals surface area contributed by atoms with Gasteiger partial charge in [-0.05, 0) is 13.3 Å². The van der Waals surface area contributed by atoms with Gasteiger partial charge in [-0.15, -0.1) is 11.3 Å². The summed E-state index contributed by atoms with van der Waals surface area (Å²) in [4.78, 5) is 15.7. The van der Waals surface area contributed by atoms with Gasteiger partial charge < -0.3 is 5.32 Å². The van der Waals surface area contributed by atoms with Crippen LogP contribution in [-0.2, 0) is 11.2 Å². The van der Waals surface area contributed by atoms with Crippen LogP contribution in [0.3, 0.4) is 0 Å². The van der Waals surface area contributed by atoms with E-state index in [1.807, 2.05) is 12.3 Å². The third-order valence-electron chi connectivity index (χ3n) is 2.08. The first-order valence-corrected chi connectivity index (χ1v) is 6.28. The average Bonchev–Trinajstić information content (AvgIpc) is 2.59. The lowest BCUT2D eigenvalue weighted by Gasteiger charge is -2.02. The minimum Gasteiger partial charge on any atom is -0.356 e. The van der Waals surface area contributed by atoms with Crippen molar-refractivity contribution < 1.29 is 4.79 Å². The van der Waals surface area contributed by atoms with E-state index in [2.05, 4.69) is 17.2 Å². The van der Waals surface area contributed by atoms with Crippen LogP contribution in [0.4, 0.5) is 0 Å². The van der Waals surface area contributed by atoms with E-state index in [1.54, 1.807) is 11.3 Å². The molecule has 1 aromatic heterocycles. The zero-order valence-electron chi connectivity index (χ0n) is 9.38. The summed E-state index contributed by atoms with van der Waals surface area (Å²) < 4.78 is 0. The molecule has 0 aliphatic heterocycles. The minimum atomic E-state index is 0.0838. The fraction of sp³-hybridized carbons (Fsp3) is 0.636. The van der Waals surface area contributed by atoms with Gasteiger partial charge in [-0.2, -0.15) is 0 Å². The Morgan fingerprint density at radius 3 is 2.93 bits per heavy atom. The molecule has 0 radical (unpaired) electrons. The zero-order valence-corrected chi connectivity index (χ0v) is 10.2. The number of rotatable bonds is 6. The fourth-order valence-electron chi connectivity index (χ4n) is 1.29. The van der Waals surface area contributed by atoms with E-state index < -0.39 is 0 Å². The Bertz CT molecular complexity index is 309. The highest BCUT2D eigenvalue weighted by atomic mass is 32.1. The number of carbonyl (C=O) groups excluding carboxylic acids is 1. The highest BCUT2D eigenvalue weighted by Crippen LogP contribution is 2.08. The highest BCUT2D eigenvalue weighted by molar-refractivity contribution is 7.09. The van der Waals surface area contributed by atoms with E-state index in [-0.39, 0.29) is 5.91 Å². The van der Waals surface area contributed by atoms with Crippen LogP contribution in [0.25, 0.3) is 0 Å². The van der Waals surface area contributed by atoms with Gasteiger partial charge >= 0.3 is 0 Å². The molecule has 0 aliphatic carbocycles. The number of aromatic nitrogens is 1. The lowest BCUT2D eigenvalue weighted by molar-refractivity contribution is -0.120. The molecule has 0 saturated heterocycles. The maximum absolute atomic E-state index is 11.4. The largest absolute Gasteiger partial charge is 0.356 e. The van der Waals surface area contributed by atoms with Crippen molar-refractivity contribution in [1.82, 2.24) is 10.3 Å². The second-order valence-corrected chi connectivity index (χ2v) is 4.56. The predicted molar refractivity (Wildman–Crippen MR) is 63.1 cm³/mol. The van der Waals surface area contributed by atoms with Gasteiger partial charge in [-0.1, -0.05) is 19.8 Å². The maximum Gasteiger partial charge on any atom is 0.226 e. The van der Waals surface area contributed by atoms with Gasteiger partial charge in [-0.3, -0.25) is 4.79 Å². The SMILES string of the molecule is CCCCCNC(=O)Cc1nc(C)cs1. The summed E-state index contributed by atoms with van der Waals surface area (Å²) in [7, 11) is 0. The Morgan fingerprint density at radius 2 is 2.33 bits per heavy atom. The van der Waals surface area contributed by atoms with E-state index in [4.69, 9.17) is 0 Å². The smallest absolute Gasteiger partial charge is 0.226 e. The van der Waals surface area contributed by atoms with Crippen molar-refractivity contribution in [3.63, 3.8) is 0 Å². The first-order valence-electron chi connectivity index (χ1n) is 5.40. The number of nitrogens with zero attached hydrogens (tertiary/aromatic N) is 1. The van der Waals surface area contributed by atoms with Crippen molar-refractivity contribution in [3.8, 4) is 0 Å². The van der Waals surface area contributed by atoms with Gasteiger partial charge in [0.05, 0.1) is 6.42 Å². The summed E-state index contributed by atoms with van der Waals surface area (Å²) in [6.45, 7) is 4.89. The van der Waals surface area contributed by atoms with Crippen LogP contribution in [0.15, 0.2) is 5.38 Å². The summed E-state index contributed by atoms with van der Waals surface area (Å²) in [5.41, 5.74) is 0.994. The third-order valence-corrected chi connectivity index (χ3v) is 3.05. The van der Waals surface area contributed by atoms with Crippen molar-refractivity contribution >= 4 is 17.2 Å². The molecule has 3 nitrogen and oxygen atoms in total. The molecule has 0 spiro atoms. The maximum atomic E-state index is 11.4. The molecule has 0 aromatic carbocycles. The molecule has 1 aromatic rings. The molecule has 0 fully saturated rings. The number of unbranched alkanes of at least 4 members (excludes halogenated alkanes) is 2. The van der Waals surface area contributed by atoms with E-state index >= 15 is 0 Å². The standard InChI is InChI=1S/C11H18N2OS/c1-3-4-5-6-12-10(14)7-11-13-9(2)8-15-11/h8H,3-7H2,1-2H3,(H,12,14). The summed E-state index contributed by atoms with van der Waals surface area (Å²) in [6.07, 6.45) is 3.85. The topological polar surface area (TPSA) is 42.0 Å². The second-order valence-electron chi connectivity index (χ2n) is 3.62. The number of carbonyl (C=O) groups is 1. The third kappa shape index (κ3) is 4.93. The van der Waals surface area contributed by atoms with E-state index in [9.17, 15) is 4.79 Å². The van der Waals surface area contributed by atoms with Crippen LogP contribution in [-0.4, -0.2) is 17.4 Å². The Kier molecular flexibility index (Phi) is 5.32. The molecule has 1 rings (SSSR count). The molecular formula is C11H18N2OS. The van der Waals surface area contributed by atoms with Crippen LogP contribution < -0.4 is 5.32 Å². The number of amides is 1. The first-order chi connectivity index (χ1) is 7.22. The lowest BCUT2D eigenvalue weighted by Crippen LogP contribution is -2.25. The van der Waals surface area contributed by atoms with Gasteiger partial charge in [-0.25, -0.2) is 4.98 Å². The van der Waals surface area contributed by atoms with Crippen LogP contribution in [0, 0.1) is 6.92 Å². The molecule has 0 unspecified atom stereocenters. The van der Waals surface area contributed by atoms with Crippen molar-refractivity contribution in [2.75, 3.05) is 6.54 Å². The molecule has 15 heavy (non-hydrogen) atoms. The molecule has 0 saturated carbocycles. The average molecular weight is 226 g/mol. The number of nitrogens with one attached hydrogen (secondary N) is 1. The second kappa shape index (κ2) is 6.56. The monoisotopic (exact) mass is 226 g/mol. The molecule has 84 valence electrons. The van der Waals surface area contributed by atoms with E-state index in [1.165, 1.54) is 12.8 Å². The van der Waals surface area contributed by atoms with Gasteiger partial charge in [0.2, 0.25) is 5.91 Å². The van der Waals surface area contributed by atoms with Crippen molar-refractivity contribution in [3.05, 3.63) is 16.1 Å². The van der Waals surface area contributed by atoms with Crippen LogP contribution in [0.1, 0.15) is 36.9 Å². The van der Waals surface area contributed by atoms with Crippen molar-refractivity contribution in [1.29, 1.82) is 0 Å². The molecule has 1 heterocycles. The quantitative estimate of drug-likeness (QED) is 0.756.